The van der Waals surface area contributed by atoms with Gasteiger partial charge in [-0.05, 0) is 24.3 Å². The molecular weight excluding hydrogens is 292 g/mol. The van der Waals surface area contributed by atoms with Crippen molar-refractivity contribution in [3.8, 4) is 5.75 Å². The highest BCUT2D eigenvalue weighted by Crippen LogP contribution is 2.18. The number of anilines is 1. The molecule has 0 aliphatic rings. The Morgan fingerprint density at radius 1 is 1.24 bits per heavy atom. The standard InChI is InChI=1S/C14H16N2O4S/c1-20-12-3-2-4-13(9-12)21(18,19)8-7-16-10-11(15)5-6-14(16)17/h2-6,9-10H,7-8,15H2,1H3. The maximum atomic E-state index is 12.3. The van der Waals surface area contributed by atoms with Crippen LogP contribution in [0.1, 0.15) is 0 Å². The van der Waals surface area contributed by atoms with E-state index < -0.39 is 9.84 Å². The van der Waals surface area contributed by atoms with Crippen LogP contribution in [-0.2, 0) is 16.4 Å². The van der Waals surface area contributed by atoms with E-state index in [-0.39, 0.29) is 22.8 Å². The maximum absolute atomic E-state index is 12.3. The molecule has 6 nitrogen and oxygen atoms in total. The van der Waals surface area contributed by atoms with Gasteiger partial charge in [-0.3, -0.25) is 4.79 Å². The summed E-state index contributed by atoms with van der Waals surface area (Å²) in [6.45, 7) is 0.0451. The van der Waals surface area contributed by atoms with Gasteiger partial charge < -0.3 is 15.0 Å². The lowest BCUT2D eigenvalue weighted by Crippen LogP contribution is -2.23. The number of methoxy groups -OCH3 is 1. The van der Waals surface area contributed by atoms with E-state index >= 15 is 0 Å². The first-order valence-corrected chi connectivity index (χ1v) is 7.90. The Bertz CT molecular complexity index is 797. The Morgan fingerprint density at radius 3 is 2.71 bits per heavy atom. The molecule has 2 rings (SSSR count). The molecule has 21 heavy (non-hydrogen) atoms. The predicted octanol–water partition coefficient (Wildman–Crippen LogP) is 0.913. The predicted molar refractivity (Wildman–Crippen MR) is 80.2 cm³/mol. The Kier molecular flexibility index (Phi) is 4.32. The molecule has 0 aliphatic heterocycles. The minimum absolute atomic E-state index is 0.0451. The van der Waals surface area contributed by atoms with E-state index in [2.05, 4.69) is 0 Å². The number of nitrogens with two attached hydrogens (primary N) is 1. The third-order valence-electron chi connectivity index (χ3n) is 3.01. The van der Waals surface area contributed by atoms with Gasteiger partial charge in [-0.1, -0.05) is 6.07 Å². The normalized spacial score (nSPS) is 11.3. The first-order chi connectivity index (χ1) is 9.92. The van der Waals surface area contributed by atoms with Crippen LogP contribution in [0, 0.1) is 0 Å². The first kappa shape index (κ1) is 15.1. The summed E-state index contributed by atoms with van der Waals surface area (Å²) in [6, 6.07) is 9.03. The third-order valence-corrected chi connectivity index (χ3v) is 4.70. The van der Waals surface area contributed by atoms with Crippen LogP contribution in [0.2, 0.25) is 0 Å². The van der Waals surface area contributed by atoms with Crippen molar-refractivity contribution in [2.45, 2.75) is 11.4 Å². The molecule has 0 radical (unpaired) electrons. The van der Waals surface area contributed by atoms with Crippen LogP contribution in [0.5, 0.6) is 5.75 Å². The molecular formula is C14H16N2O4S. The number of hydrogen-bond acceptors (Lipinski definition) is 5. The molecule has 0 aliphatic carbocycles. The summed E-state index contributed by atoms with van der Waals surface area (Å²) in [5.74, 6) is 0.279. The molecule has 112 valence electrons. The summed E-state index contributed by atoms with van der Waals surface area (Å²) in [6.07, 6.45) is 1.43. The van der Waals surface area contributed by atoms with E-state index in [0.717, 1.165) is 0 Å². The Balaban J connectivity index is 2.21. The third kappa shape index (κ3) is 3.63. The summed E-state index contributed by atoms with van der Waals surface area (Å²) in [7, 11) is -2.03. The summed E-state index contributed by atoms with van der Waals surface area (Å²) in [5.41, 5.74) is 5.71. The van der Waals surface area contributed by atoms with Crippen LogP contribution in [-0.4, -0.2) is 25.8 Å². The number of rotatable bonds is 5. The molecule has 0 saturated carbocycles. The van der Waals surface area contributed by atoms with E-state index in [1.54, 1.807) is 12.1 Å². The van der Waals surface area contributed by atoms with E-state index in [9.17, 15) is 13.2 Å². The van der Waals surface area contributed by atoms with Crippen molar-refractivity contribution < 1.29 is 13.2 Å². The highest BCUT2D eigenvalue weighted by molar-refractivity contribution is 7.91. The summed E-state index contributed by atoms with van der Waals surface area (Å²) in [4.78, 5) is 11.8. The number of aryl methyl sites for hydroxylation is 1. The van der Waals surface area contributed by atoms with Crippen LogP contribution in [0.15, 0.2) is 52.3 Å². The van der Waals surface area contributed by atoms with Crippen LogP contribution >= 0.6 is 0 Å². The number of hydrogen-bond donors (Lipinski definition) is 1. The van der Waals surface area contributed by atoms with Gasteiger partial charge in [0.05, 0.1) is 17.8 Å². The molecule has 7 heteroatoms. The second-order valence-corrected chi connectivity index (χ2v) is 6.60. The van der Waals surface area contributed by atoms with Gasteiger partial charge in [0.1, 0.15) is 5.75 Å². The number of nitrogen functional groups attached to an aromatic ring is 1. The summed E-state index contributed by atoms with van der Waals surface area (Å²) < 4.78 is 30.8. The first-order valence-electron chi connectivity index (χ1n) is 6.25. The van der Waals surface area contributed by atoms with Gasteiger partial charge in [0.15, 0.2) is 9.84 Å². The number of benzene rings is 1. The van der Waals surface area contributed by atoms with E-state index in [1.807, 2.05) is 0 Å². The second kappa shape index (κ2) is 6.01. The molecule has 0 spiro atoms. The average Bonchev–Trinajstić information content (AvgIpc) is 2.48. The molecule has 2 N–H and O–H groups in total. The van der Waals surface area contributed by atoms with Crippen molar-refractivity contribution in [2.24, 2.45) is 0 Å². The minimum Gasteiger partial charge on any atom is -0.497 e. The Hall–Kier alpha value is -2.28. The molecule has 0 saturated heterocycles. The van der Waals surface area contributed by atoms with E-state index in [4.69, 9.17) is 10.5 Å². The SMILES string of the molecule is COc1cccc(S(=O)(=O)CCn2cc(N)ccc2=O)c1. The molecule has 0 bridgehead atoms. The lowest BCUT2D eigenvalue weighted by atomic mass is 10.3. The van der Waals surface area contributed by atoms with Gasteiger partial charge in [-0.15, -0.1) is 0 Å². The van der Waals surface area contributed by atoms with E-state index in [0.29, 0.717) is 11.4 Å². The number of pyridine rings is 1. The molecule has 0 fully saturated rings. The number of sulfone groups is 1. The molecule has 1 aromatic carbocycles. The van der Waals surface area contributed by atoms with Crippen LogP contribution < -0.4 is 16.0 Å². The molecule has 0 unspecified atom stereocenters. The van der Waals surface area contributed by atoms with Gasteiger partial charge >= 0.3 is 0 Å². The van der Waals surface area contributed by atoms with Gasteiger partial charge in [0.25, 0.3) is 5.56 Å². The fraction of sp³-hybridized carbons (Fsp3) is 0.214. The Morgan fingerprint density at radius 2 is 2.00 bits per heavy atom. The van der Waals surface area contributed by atoms with Crippen LogP contribution in [0.25, 0.3) is 0 Å². The van der Waals surface area contributed by atoms with Gasteiger partial charge in [0, 0.05) is 24.5 Å². The van der Waals surface area contributed by atoms with Crippen molar-refractivity contribution in [1.29, 1.82) is 0 Å². The highest BCUT2D eigenvalue weighted by atomic mass is 32.2. The number of ether oxygens (including phenoxy) is 1. The lowest BCUT2D eigenvalue weighted by molar-refractivity contribution is 0.413. The molecule has 1 heterocycles. The quantitative estimate of drug-likeness (QED) is 0.886. The molecule has 0 atom stereocenters. The second-order valence-electron chi connectivity index (χ2n) is 4.49. The zero-order valence-corrected chi connectivity index (χ0v) is 12.3. The zero-order chi connectivity index (χ0) is 15.5. The minimum atomic E-state index is -3.50. The number of nitrogens with zero attached hydrogens (tertiary/aromatic N) is 1. The summed E-state index contributed by atoms with van der Waals surface area (Å²) >= 11 is 0. The lowest BCUT2D eigenvalue weighted by Gasteiger charge is -2.08. The van der Waals surface area contributed by atoms with Crippen molar-refractivity contribution in [3.05, 3.63) is 52.9 Å². The smallest absolute Gasteiger partial charge is 0.250 e. The van der Waals surface area contributed by atoms with Crippen molar-refractivity contribution in [3.63, 3.8) is 0 Å². The van der Waals surface area contributed by atoms with Gasteiger partial charge in [-0.25, -0.2) is 8.42 Å². The van der Waals surface area contributed by atoms with Crippen molar-refractivity contribution in [2.75, 3.05) is 18.6 Å². The molecule has 1 aromatic heterocycles. The largest absolute Gasteiger partial charge is 0.497 e. The fourth-order valence-electron chi connectivity index (χ4n) is 1.86. The highest BCUT2D eigenvalue weighted by Gasteiger charge is 2.15. The Labute approximate surface area is 122 Å². The van der Waals surface area contributed by atoms with E-state index in [1.165, 1.54) is 42.1 Å². The molecule has 2 aromatic rings. The maximum Gasteiger partial charge on any atom is 0.250 e. The zero-order valence-electron chi connectivity index (χ0n) is 11.5. The van der Waals surface area contributed by atoms with Crippen LogP contribution in [0.4, 0.5) is 5.69 Å². The van der Waals surface area contributed by atoms with Gasteiger partial charge in [0.2, 0.25) is 0 Å². The fourth-order valence-corrected chi connectivity index (χ4v) is 3.11. The van der Waals surface area contributed by atoms with Gasteiger partial charge in [-0.2, -0.15) is 0 Å². The topological polar surface area (TPSA) is 91.4 Å². The van der Waals surface area contributed by atoms with Crippen molar-refractivity contribution >= 4 is 15.5 Å². The average molecular weight is 308 g/mol. The number of aromatic nitrogens is 1. The molecule has 0 amide bonds. The van der Waals surface area contributed by atoms with Crippen molar-refractivity contribution in [1.82, 2.24) is 4.57 Å². The monoisotopic (exact) mass is 308 g/mol. The van der Waals surface area contributed by atoms with Crippen LogP contribution in [0.3, 0.4) is 0 Å². The summed E-state index contributed by atoms with van der Waals surface area (Å²) in [5, 5.41) is 0.